The van der Waals surface area contributed by atoms with Crippen LogP contribution in [-0.4, -0.2) is 55.0 Å². The molecule has 0 spiro atoms. The van der Waals surface area contributed by atoms with Gasteiger partial charge in [0.15, 0.2) is 0 Å². The first-order chi connectivity index (χ1) is 11.1. The molecule has 2 aliphatic heterocycles. The molecule has 0 saturated carbocycles. The summed E-state index contributed by atoms with van der Waals surface area (Å²) in [6.45, 7) is 3.33. The van der Waals surface area contributed by atoms with E-state index in [0.717, 1.165) is 51.1 Å². The SMILES string of the molecule is CN(CCN1CCCC1=O)C1CCOC(c2ccc(F)cc2)C1. The molecule has 23 heavy (non-hydrogen) atoms. The van der Waals surface area contributed by atoms with Gasteiger partial charge in [0.05, 0.1) is 6.10 Å². The maximum atomic E-state index is 13.1. The van der Waals surface area contributed by atoms with Crippen LogP contribution in [0.5, 0.6) is 0 Å². The van der Waals surface area contributed by atoms with Gasteiger partial charge in [-0.05, 0) is 44.0 Å². The second-order valence-corrected chi connectivity index (χ2v) is 6.55. The standard InChI is InChI=1S/C18H25FN2O2/c1-20(10-11-21-9-2-3-18(21)22)16-8-12-23-17(13-16)14-4-6-15(19)7-5-14/h4-7,16-17H,2-3,8-13H2,1H3. The Labute approximate surface area is 137 Å². The summed E-state index contributed by atoms with van der Waals surface area (Å²) in [5, 5.41) is 0. The van der Waals surface area contributed by atoms with Gasteiger partial charge >= 0.3 is 0 Å². The molecule has 0 radical (unpaired) electrons. The Morgan fingerprint density at radius 1 is 1.35 bits per heavy atom. The first-order valence-corrected chi connectivity index (χ1v) is 8.48. The Bertz CT molecular complexity index is 534. The predicted molar refractivity (Wildman–Crippen MR) is 86.6 cm³/mol. The molecule has 2 unspecified atom stereocenters. The molecule has 0 aromatic heterocycles. The van der Waals surface area contributed by atoms with Crippen LogP contribution in [0.3, 0.4) is 0 Å². The highest BCUT2D eigenvalue weighted by molar-refractivity contribution is 5.78. The molecule has 5 heteroatoms. The lowest BCUT2D eigenvalue weighted by Gasteiger charge is -2.36. The number of carbonyl (C=O) groups is 1. The van der Waals surface area contributed by atoms with E-state index in [1.54, 1.807) is 0 Å². The zero-order valence-corrected chi connectivity index (χ0v) is 13.7. The summed E-state index contributed by atoms with van der Waals surface area (Å²) in [4.78, 5) is 16.0. The van der Waals surface area contributed by atoms with Gasteiger partial charge in [0.25, 0.3) is 0 Å². The number of hydrogen-bond donors (Lipinski definition) is 0. The minimum Gasteiger partial charge on any atom is -0.373 e. The predicted octanol–water partition coefficient (Wildman–Crippen LogP) is 2.60. The molecule has 2 saturated heterocycles. The fourth-order valence-corrected chi connectivity index (χ4v) is 3.49. The van der Waals surface area contributed by atoms with Crippen molar-refractivity contribution in [2.75, 3.05) is 33.3 Å². The van der Waals surface area contributed by atoms with Gasteiger partial charge in [-0.15, -0.1) is 0 Å². The van der Waals surface area contributed by atoms with Crippen LogP contribution in [-0.2, 0) is 9.53 Å². The van der Waals surface area contributed by atoms with Gasteiger partial charge in [-0.25, -0.2) is 4.39 Å². The summed E-state index contributed by atoms with van der Waals surface area (Å²) in [5.41, 5.74) is 1.04. The van der Waals surface area contributed by atoms with E-state index in [0.29, 0.717) is 12.5 Å². The van der Waals surface area contributed by atoms with E-state index >= 15 is 0 Å². The first kappa shape index (κ1) is 16.4. The van der Waals surface area contributed by atoms with Gasteiger partial charge in [-0.1, -0.05) is 12.1 Å². The summed E-state index contributed by atoms with van der Waals surface area (Å²) in [5.74, 6) is 0.0723. The average Bonchev–Trinajstić information content (AvgIpc) is 2.98. The van der Waals surface area contributed by atoms with Gasteiger partial charge < -0.3 is 14.5 Å². The van der Waals surface area contributed by atoms with Crippen LogP contribution in [0.15, 0.2) is 24.3 Å². The second kappa shape index (κ2) is 7.41. The van der Waals surface area contributed by atoms with Crippen LogP contribution >= 0.6 is 0 Å². The van der Waals surface area contributed by atoms with E-state index in [1.807, 2.05) is 17.0 Å². The minimum absolute atomic E-state index is 0.0326. The number of rotatable bonds is 5. The quantitative estimate of drug-likeness (QED) is 0.836. The Kier molecular flexibility index (Phi) is 5.28. The molecule has 0 N–H and O–H groups in total. The van der Waals surface area contributed by atoms with Crippen molar-refractivity contribution in [1.82, 2.24) is 9.80 Å². The molecule has 1 aromatic carbocycles. The van der Waals surface area contributed by atoms with E-state index in [1.165, 1.54) is 12.1 Å². The van der Waals surface area contributed by atoms with Crippen LogP contribution < -0.4 is 0 Å². The van der Waals surface area contributed by atoms with Crippen molar-refractivity contribution in [2.24, 2.45) is 0 Å². The summed E-state index contributed by atoms with van der Waals surface area (Å²) in [6, 6.07) is 7.04. The average molecular weight is 320 g/mol. The third-order valence-electron chi connectivity index (χ3n) is 5.02. The summed E-state index contributed by atoms with van der Waals surface area (Å²) in [7, 11) is 2.12. The number of carbonyl (C=O) groups excluding carboxylic acids is 1. The van der Waals surface area contributed by atoms with Crippen LogP contribution in [0.25, 0.3) is 0 Å². The maximum absolute atomic E-state index is 13.1. The lowest BCUT2D eigenvalue weighted by molar-refractivity contribution is -0.128. The molecule has 1 amide bonds. The molecule has 126 valence electrons. The summed E-state index contributed by atoms with van der Waals surface area (Å²) in [6.07, 6.45) is 3.64. The van der Waals surface area contributed by atoms with E-state index in [4.69, 9.17) is 4.74 Å². The van der Waals surface area contributed by atoms with E-state index < -0.39 is 0 Å². The minimum atomic E-state index is -0.214. The third-order valence-corrected chi connectivity index (χ3v) is 5.02. The molecule has 4 nitrogen and oxygen atoms in total. The Morgan fingerprint density at radius 3 is 2.83 bits per heavy atom. The molecule has 2 heterocycles. The van der Waals surface area contributed by atoms with Crippen molar-refractivity contribution < 1.29 is 13.9 Å². The number of hydrogen-bond acceptors (Lipinski definition) is 3. The van der Waals surface area contributed by atoms with Crippen LogP contribution in [0.4, 0.5) is 4.39 Å². The van der Waals surface area contributed by atoms with Crippen LogP contribution in [0, 0.1) is 5.82 Å². The van der Waals surface area contributed by atoms with Gasteiger partial charge in [-0.2, -0.15) is 0 Å². The van der Waals surface area contributed by atoms with Crippen molar-refractivity contribution in [3.05, 3.63) is 35.6 Å². The second-order valence-electron chi connectivity index (χ2n) is 6.55. The Hall–Kier alpha value is -1.46. The highest BCUT2D eigenvalue weighted by Crippen LogP contribution is 2.30. The normalized spacial score (nSPS) is 25.3. The van der Waals surface area contributed by atoms with Crippen molar-refractivity contribution in [1.29, 1.82) is 0 Å². The smallest absolute Gasteiger partial charge is 0.222 e. The fraction of sp³-hybridized carbons (Fsp3) is 0.611. The monoisotopic (exact) mass is 320 g/mol. The topological polar surface area (TPSA) is 32.8 Å². The van der Waals surface area contributed by atoms with Gasteiger partial charge in [0.1, 0.15) is 5.82 Å². The number of amides is 1. The zero-order valence-electron chi connectivity index (χ0n) is 13.7. The lowest BCUT2D eigenvalue weighted by atomic mass is 9.96. The Balaban J connectivity index is 1.53. The van der Waals surface area contributed by atoms with E-state index in [2.05, 4.69) is 11.9 Å². The molecule has 3 rings (SSSR count). The highest BCUT2D eigenvalue weighted by Gasteiger charge is 2.27. The molecule has 2 aliphatic rings. The van der Waals surface area contributed by atoms with E-state index in [9.17, 15) is 9.18 Å². The zero-order chi connectivity index (χ0) is 16.2. The van der Waals surface area contributed by atoms with Crippen molar-refractivity contribution in [3.8, 4) is 0 Å². The first-order valence-electron chi connectivity index (χ1n) is 8.48. The van der Waals surface area contributed by atoms with Crippen molar-refractivity contribution in [3.63, 3.8) is 0 Å². The van der Waals surface area contributed by atoms with E-state index in [-0.39, 0.29) is 17.8 Å². The Morgan fingerprint density at radius 2 is 2.13 bits per heavy atom. The third kappa shape index (κ3) is 4.09. The van der Waals surface area contributed by atoms with Gasteiger partial charge in [0, 0.05) is 38.7 Å². The summed E-state index contributed by atoms with van der Waals surface area (Å²) >= 11 is 0. The highest BCUT2D eigenvalue weighted by atomic mass is 19.1. The number of ether oxygens (including phenoxy) is 1. The van der Waals surface area contributed by atoms with Crippen molar-refractivity contribution >= 4 is 5.91 Å². The number of likely N-dealkylation sites (tertiary alicyclic amines) is 1. The van der Waals surface area contributed by atoms with Crippen molar-refractivity contribution in [2.45, 2.75) is 37.8 Å². The molecule has 0 bridgehead atoms. The molecule has 0 aliphatic carbocycles. The van der Waals surface area contributed by atoms with Gasteiger partial charge in [-0.3, -0.25) is 4.79 Å². The maximum Gasteiger partial charge on any atom is 0.222 e. The number of nitrogens with zero attached hydrogens (tertiary/aromatic N) is 2. The molecule has 2 atom stereocenters. The fourth-order valence-electron chi connectivity index (χ4n) is 3.49. The largest absolute Gasteiger partial charge is 0.373 e. The molecular formula is C18H25FN2O2. The van der Waals surface area contributed by atoms with Gasteiger partial charge in [0.2, 0.25) is 5.91 Å². The molecular weight excluding hydrogens is 295 g/mol. The number of likely N-dealkylation sites (N-methyl/N-ethyl adjacent to an activating group) is 1. The molecule has 2 fully saturated rings. The lowest BCUT2D eigenvalue weighted by Crippen LogP contribution is -2.42. The number of halogens is 1. The van der Waals surface area contributed by atoms with Crippen LogP contribution in [0.2, 0.25) is 0 Å². The summed E-state index contributed by atoms with van der Waals surface area (Å²) < 4.78 is 18.9. The number of benzene rings is 1. The molecule has 1 aromatic rings. The van der Waals surface area contributed by atoms with Crippen LogP contribution in [0.1, 0.15) is 37.4 Å².